The molecule has 0 radical (unpaired) electrons. The summed E-state index contributed by atoms with van der Waals surface area (Å²) in [4.78, 5) is 0.342. The lowest BCUT2D eigenvalue weighted by atomic mass is 9.85. The molecule has 0 N–H and O–H groups in total. The highest BCUT2D eigenvalue weighted by Gasteiger charge is 2.21. The van der Waals surface area contributed by atoms with Crippen LogP contribution in [0.4, 0.5) is 4.39 Å². The van der Waals surface area contributed by atoms with Crippen molar-refractivity contribution >= 4 is 0 Å². The van der Waals surface area contributed by atoms with E-state index in [-0.39, 0.29) is 5.56 Å². The quantitative estimate of drug-likeness (QED) is 0.809. The standard InChI is InChI=1S/C15H22FNO/c1-15(2,3)13-6-4-5-12(14(13)16)11-17-7-9-18-10-8-17/h4-6H,7-11H2,1-3H3/i7D2,8D2,9D2,10D2. The Balaban J connectivity index is 2.56. The van der Waals surface area contributed by atoms with Gasteiger partial charge in [-0.25, -0.2) is 4.39 Å². The van der Waals surface area contributed by atoms with Gasteiger partial charge in [0.2, 0.25) is 0 Å². The Labute approximate surface area is 120 Å². The van der Waals surface area contributed by atoms with E-state index in [1.807, 2.05) is 0 Å². The summed E-state index contributed by atoms with van der Waals surface area (Å²) in [5.74, 6) is -0.654. The molecule has 0 atom stereocenters. The number of nitrogens with zero attached hydrogens (tertiary/aromatic N) is 1. The van der Waals surface area contributed by atoms with Crippen LogP contribution < -0.4 is 0 Å². The first-order chi connectivity index (χ1) is 11.5. The van der Waals surface area contributed by atoms with Crippen LogP contribution >= 0.6 is 0 Å². The number of hydrogen-bond donors (Lipinski definition) is 0. The summed E-state index contributed by atoms with van der Waals surface area (Å²) < 4.78 is 82.0. The van der Waals surface area contributed by atoms with Crippen molar-refractivity contribution in [2.75, 3.05) is 26.1 Å². The van der Waals surface area contributed by atoms with Gasteiger partial charge in [-0.2, -0.15) is 0 Å². The van der Waals surface area contributed by atoms with Gasteiger partial charge in [0.05, 0.1) is 18.6 Å². The third-order valence-electron chi connectivity index (χ3n) is 2.68. The molecule has 1 aliphatic rings. The van der Waals surface area contributed by atoms with Crippen molar-refractivity contribution in [1.82, 2.24) is 4.90 Å². The summed E-state index contributed by atoms with van der Waals surface area (Å²) in [5, 5.41) is 0. The minimum atomic E-state index is -3.14. The molecule has 1 aromatic rings. The second kappa shape index (κ2) is 5.37. The van der Waals surface area contributed by atoms with E-state index < -0.39 is 43.9 Å². The Hall–Kier alpha value is -0.930. The molecule has 0 spiro atoms. The average Bonchev–Trinajstić information content (AvgIpc) is 2.41. The lowest BCUT2D eigenvalue weighted by molar-refractivity contribution is 0.0337. The van der Waals surface area contributed by atoms with E-state index in [9.17, 15) is 4.39 Å². The predicted octanol–water partition coefficient (Wildman–Crippen LogP) is 2.96. The van der Waals surface area contributed by atoms with Crippen molar-refractivity contribution in [2.24, 2.45) is 0 Å². The van der Waals surface area contributed by atoms with Crippen molar-refractivity contribution in [2.45, 2.75) is 32.7 Å². The Morgan fingerprint density at radius 1 is 1.33 bits per heavy atom. The van der Waals surface area contributed by atoms with Gasteiger partial charge in [0.15, 0.2) is 0 Å². The van der Waals surface area contributed by atoms with E-state index in [1.165, 1.54) is 6.07 Å². The molecule has 0 aromatic heterocycles. The minimum Gasteiger partial charge on any atom is -0.379 e. The summed E-state index contributed by atoms with van der Waals surface area (Å²) >= 11 is 0. The molecule has 100 valence electrons. The maximum Gasteiger partial charge on any atom is 0.131 e. The van der Waals surface area contributed by atoms with Gasteiger partial charge in [-0.15, -0.1) is 0 Å². The second-order valence-electron chi connectivity index (χ2n) is 5.14. The largest absolute Gasteiger partial charge is 0.379 e. The molecule has 1 aromatic carbocycles. The fourth-order valence-electron chi connectivity index (χ4n) is 1.74. The van der Waals surface area contributed by atoms with Gasteiger partial charge >= 0.3 is 0 Å². The van der Waals surface area contributed by atoms with Gasteiger partial charge in [-0.3, -0.25) is 4.90 Å². The minimum absolute atomic E-state index is 0.0568. The summed E-state index contributed by atoms with van der Waals surface area (Å²) in [6.07, 6.45) is 0. The van der Waals surface area contributed by atoms with E-state index >= 15 is 0 Å². The van der Waals surface area contributed by atoms with E-state index in [2.05, 4.69) is 4.74 Å². The van der Waals surface area contributed by atoms with Crippen molar-refractivity contribution < 1.29 is 20.1 Å². The van der Waals surface area contributed by atoms with Crippen LogP contribution in [0.5, 0.6) is 0 Å². The average molecular weight is 259 g/mol. The number of ether oxygens (including phenoxy) is 1. The SMILES string of the molecule is [2H]C1([2H])OC([2H])([2H])C([2H])([2H])N(Cc2cccc(C(C)(C)C)c2F)C1([2H])[2H]. The van der Waals surface area contributed by atoms with E-state index in [1.54, 1.807) is 32.9 Å². The topological polar surface area (TPSA) is 12.5 Å². The first-order valence-electron chi connectivity index (χ1n) is 9.71. The van der Waals surface area contributed by atoms with Crippen molar-refractivity contribution in [3.63, 3.8) is 0 Å². The number of halogens is 1. The Morgan fingerprint density at radius 2 is 2.00 bits per heavy atom. The zero-order valence-corrected chi connectivity index (χ0v) is 10.7. The molecular formula is C15H22FNO. The fraction of sp³-hybridized carbons (Fsp3) is 0.600. The van der Waals surface area contributed by atoms with Crippen molar-refractivity contribution in [3.8, 4) is 0 Å². The highest BCUT2D eigenvalue weighted by atomic mass is 19.1. The fourth-order valence-corrected chi connectivity index (χ4v) is 1.74. The van der Waals surface area contributed by atoms with Gasteiger partial charge < -0.3 is 4.74 Å². The highest BCUT2D eigenvalue weighted by molar-refractivity contribution is 5.30. The zero-order chi connectivity index (χ0) is 20.3. The van der Waals surface area contributed by atoms with Crippen LogP contribution in [0.25, 0.3) is 0 Å². The molecule has 0 unspecified atom stereocenters. The number of hydrogen-bond acceptors (Lipinski definition) is 2. The van der Waals surface area contributed by atoms with Crippen LogP contribution in [0.2, 0.25) is 0 Å². The second-order valence-corrected chi connectivity index (χ2v) is 5.14. The highest BCUT2D eigenvalue weighted by Crippen LogP contribution is 2.27. The Kier molecular flexibility index (Phi) is 1.93. The van der Waals surface area contributed by atoms with E-state index in [4.69, 9.17) is 11.0 Å². The first-order valence-corrected chi connectivity index (χ1v) is 5.71. The molecule has 0 aliphatic carbocycles. The summed E-state index contributed by atoms with van der Waals surface area (Å²) in [6, 6.07) is 4.46. The number of benzene rings is 1. The molecule has 1 aliphatic heterocycles. The first kappa shape index (κ1) is 6.49. The van der Waals surface area contributed by atoms with Crippen LogP contribution in [-0.2, 0) is 16.7 Å². The lowest BCUT2D eigenvalue weighted by Crippen LogP contribution is -2.36. The van der Waals surface area contributed by atoms with Crippen LogP contribution in [0, 0.1) is 5.82 Å². The normalized spacial score (nSPS) is 35.8. The molecule has 1 fully saturated rings. The molecule has 0 bridgehead atoms. The summed E-state index contributed by atoms with van der Waals surface area (Å²) in [6.45, 7) is -7.64. The van der Waals surface area contributed by atoms with Crippen LogP contribution in [0.3, 0.4) is 0 Å². The monoisotopic (exact) mass is 259 g/mol. The van der Waals surface area contributed by atoms with Gasteiger partial charge in [0.25, 0.3) is 0 Å². The Morgan fingerprint density at radius 3 is 2.61 bits per heavy atom. The van der Waals surface area contributed by atoms with Gasteiger partial charge in [-0.05, 0) is 11.0 Å². The lowest BCUT2D eigenvalue weighted by Gasteiger charge is -2.28. The molecule has 0 saturated carbocycles. The van der Waals surface area contributed by atoms with Crippen LogP contribution in [-0.4, -0.2) is 31.0 Å². The van der Waals surface area contributed by atoms with Gasteiger partial charge in [0, 0.05) is 30.6 Å². The summed E-state index contributed by atoms with van der Waals surface area (Å²) in [5.41, 5.74) is -0.263. The smallest absolute Gasteiger partial charge is 0.131 e. The van der Waals surface area contributed by atoms with Crippen molar-refractivity contribution in [1.29, 1.82) is 0 Å². The molecular weight excluding hydrogens is 229 g/mol. The maximum absolute atomic E-state index is 14.9. The zero-order valence-electron chi connectivity index (χ0n) is 18.7. The van der Waals surface area contributed by atoms with Crippen LogP contribution in [0.1, 0.15) is 42.9 Å². The van der Waals surface area contributed by atoms with Gasteiger partial charge in [0.1, 0.15) is 5.82 Å². The molecule has 2 rings (SSSR count). The molecule has 0 amide bonds. The molecule has 3 heteroatoms. The van der Waals surface area contributed by atoms with Crippen LogP contribution in [0.15, 0.2) is 18.2 Å². The molecule has 1 heterocycles. The number of rotatable bonds is 2. The van der Waals surface area contributed by atoms with E-state index in [0.717, 1.165) is 0 Å². The third-order valence-corrected chi connectivity index (χ3v) is 2.68. The molecule has 2 nitrogen and oxygen atoms in total. The molecule has 18 heavy (non-hydrogen) atoms. The van der Waals surface area contributed by atoms with Gasteiger partial charge in [-0.1, -0.05) is 39.0 Å². The summed E-state index contributed by atoms with van der Waals surface area (Å²) in [7, 11) is 0. The Bertz CT molecular complexity index is 675. The number of morpholine rings is 1. The molecule has 1 saturated heterocycles. The van der Waals surface area contributed by atoms with E-state index in [0.29, 0.717) is 10.5 Å². The van der Waals surface area contributed by atoms with Crippen molar-refractivity contribution in [3.05, 3.63) is 35.1 Å². The predicted molar refractivity (Wildman–Crippen MR) is 71.2 cm³/mol. The maximum atomic E-state index is 14.9. The third kappa shape index (κ3) is 3.09.